The molecule has 1 amide bonds. The van der Waals surface area contributed by atoms with E-state index in [1.165, 1.54) is 6.07 Å². The molecular weight excluding hydrogens is 449 g/mol. The van der Waals surface area contributed by atoms with Crippen molar-refractivity contribution in [2.45, 2.75) is 6.92 Å². The molecule has 0 fully saturated rings. The lowest BCUT2D eigenvalue weighted by atomic mass is 10.3. The summed E-state index contributed by atoms with van der Waals surface area (Å²) in [6.07, 6.45) is 0. The van der Waals surface area contributed by atoms with Gasteiger partial charge >= 0.3 is 5.97 Å². The monoisotopic (exact) mass is 456 g/mol. The number of esters is 1. The predicted octanol–water partition coefficient (Wildman–Crippen LogP) is 4.43. The lowest BCUT2D eigenvalue weighted by molar-refractivity contribution is -0.119. The van der Waals surface area contributed by atoms with Gasteiger partial charge in [0.2, 0.25) is 0 Å². The highest BCUT2D eigenvalue weighted by molar-refractivity contribution is 6.46. The zero-order chi connectivity index (χ0) is 19.6. The summed E-state index contributed by atoms with van der Waals surface area (Å²) >= 11 is 29.2. The van der Waals surface area contributed by atoms with Crippen LogP contribution < -0.4 is 11.1 Å². The molecule has 3 N–H and O–H groups in total. The van der Waals surface area contributed by atoms with Gasteiger partial charge in [0.1, 0.15) is 5.02 Å². The van der Waals surface area contributed by atoms with E-state index < -0.39 is 18.5 Å². The van der Waals surface area contributed by atoms with Crippen LogP contribution in [0.5, 0.6) is 0 Å². The number of amides is 1. The van der Waals surface area contributed by atoms with Gasteiger partial charge in [0.25, 0.3) is 5.91 Å². The van der Waals surface area contributed by atoms with Crippen molar-refractivity contribution in [3.8, 4) is 0 Å². The SMILES string of the molecule is Cc1nc(NC(=O)COC(=O)c2nc(Cl)c(Cl)c(N)c2Cl)c(Cl)cc1Cl. The topological polar surface area (TPSA) is 107 Å². The number of carbonyl (C=O) groups is 2. The number of pyridine rings is 2. The Labute approximate surface area is 172 Å². The first kappa shape index (κ1) is 20.8. The summed E-state index contributed by atoms with van der Waals surface area (Å²) in [6, 6.07) is 1.43. The number of hydrogen-bond donors (Lipinski definition) is 2. The van der Waals surface area contributed by atoms with Crippen molar-refractivity contribution >= 4 is 81.4 Å². The minimum Gasteiger partial charge on any atom is -0.451 e. The van der Waals surface area contributed by atoms with Gasteiger partial charge < -0.3 is 15.8 Å². The predicted molar refractivity (Wildman–Crippen MR) is 102 cm³/mol. The minimum atomic E-state index is -1.01. The number of nitrogen functional groups attached to an aromatic ring is 1. The number of nitrogens with zero attached hydrogens (tertiary/aromatic N) is 2. The fourth-order valence-corrected chi connectivity index (χ4v) is 2.67. The Hall–Kier alpha value is -1.51. The molecular formula is C14H9Cl5N4O3. The molecule has 0 atom stereocenters. The molecule has 138 valence electrons. The van der Waals surface area contributed by atoms with Gasteiger partial charge in [-0.2, -0.15) is 0 Å². The summed E-state index contributed by atoms with van der Waals surface area (Å²) in [6.45, 7) is 0.980. The quantitative estimate of drug-likeness (QED) is 0.519. The molecule has 0 unspecified atom stereocenters. The van der Waals surface area contributed by atoms with Crippen molar-refractivity contribution in [1.82, 2.24) is 9.97 Å². The van der Waals surface area contributed by atoms with Crippen LogP contribution in [0.2, 0.25) is 25.2 Å². The van der Waals surface area contributed by atoms with Crippen LogP contribution in [0.4, 0.5) is 11.5 Å². The smallest absolute Gasteiger partial charge is 0.359 e. The van der Waals surface area contributed by atoms with Crippen LogP contribution in [0.25, 0.3) is 0 Å². The summed E-state index contributed by atoms with van der Waals surface area (Å²) in [5.41, 5.74) is 5.58. The highest BCUT2D eigenvalue weighted by Gasteiger charge is 2.22. The van der Waals surface area contributed by atoms with Crippen molar-refractivity contribution < 1.29 is 14.3 Å². The molecule has 0 spiro atoms. The lowest BCUT2D eigenvalue weighted by Crippen LogP contribution is -2.22. The van der Waals surface area contributed by atoms with E-state index in [1.54, 1.807) is 6.92 Å². The second kappa shape index (κ2) is 8.45. The average molecular weight is 459 g/mol. The normalized spacial score (nSPS) is 10.5. The van der Waals surface area contributed by atoms with Crippen LogP contribution in [0.15, 0.2) is 6.07 Å². The maximum Gasteiger partial charge on any atom is 0.359 e. The molecule has 0 bridgehead atoms. The third-order valence-electron chi connectivity index (χ3n) is 2.96. The number of halogens is 5. The average Bonchev–Trinajstić information content (AvgIpc) is 2.58. The van der Waals surface area contributed by atoms with Crippen LogP contribution in [0, 0.1) is 6.92 Å². The van der Waals surface area contributed by atoms with Gasteiger partial charge in [-0.1, -0.05) is 58.0 Å². The standard InChI is InChI=1S/C14H9Cl5N4O3/c1-4-5(15)2-6(16)13(21-4)22-7(24)3-26-14(25)11-8(17)10(20)9(18)12(19)23-11/h2H,3H2,1H3,(H2,20,23)(H,21,22,24). The van der Waals surface area contributed by atoms with Gasteiger partial charge in [-0.15, -0.1) is 0 Å². The van der Waals surface area contributed by atoms with Crippen LogP contribution in [-0.4, -0.2) is 28.5 Å². The third-order valence-corrected chi connectivity index (χ3v) is 4.77. The molecule has 2 aromatic rings. The number of hydrogen-bond acceptors (Lipinski definition) is 6. The highest BCUT2D eigenvalue weighted by atomic mass is 35.5. The number of aromatic nitrogens is 2. The molecule has 26 heavy (non-hydrogen) atoms. The molecule has 7 nitrogen and oxygen atoms in total. The van der Waals surface area contributed by atoms with E-state index in [1.807, 2.05) is 0 Å². The maximum absolute atomic E-state index is 12.0. The van der Waals surface area contributed by atoms with Gasteiger partial charge in [-0.25, -0.2) is 14.8 Å². The van der Waals surface area contributed by atoms with E-state index in [4.69, 9.17) is 68.5 Å². The van der Waals surface area contributed by atoms with Gasteiger partial charge in [-0.05, 0) is 13.0 Å². The molecule has 0 aliphatic rings. The Morgan fingerprint density at radius 3 is 2.42 bits per heavy atom. The molecule has 12 heteroatoms. The van der Waals surface area contributed by atoms with Crippen LogP contribution in [-0.2, 0) is 9.53 Å². The number of aryl methyl sites for hydroxylation is 1. The van der Waals surface area contributed by atoms with Crippen molar-refractivity contribution in [3.63, 3.8) is 0 Å². The Morgan fingerprint density at radius 1 is 1.12 bits per heavy atom. The molecule has 0 aliphatic heterocycles. The van der Waals surface area contributed by atoms with Crippen molar-refractivity contribution in [2.24, 2.45) is 0 Å². The fraction of sp³-hybridized carbons (Fsp3) is 0.143. The largest absolute Gasteiger partial charge is 0.451 e. The zero-order valence-electron chi connectivity index (χ0n) is 12.9. The lowest BCUT2D eigenvalue weighted by Gasteiger charge is -2.10. The van der Waals surface area contributed by atoms with Crippen molar-refractivity contribution in [3.05, 3.63) is 42.7 Å². The zero-order valence-corrected chi connectivity index (χ0v) is 16.7. The number of nitrogens with two attached hydrogens (primary N) is 1. The second-order valence-corrected chi connectivity index (χ2v) is 6.73. The first-order chi connectivity index (χ1) is 12.1. The van der Waals surface area contributed by atoms with Crippen molar-refractivity contribution in [1.29, 1.82) is 0 Å². The minimum absolute atomic E-state index is 0.0737. The second-order valence-electron chi connectivity index (χ2n) is 4.80. The number of nitrogens with one attached hydrogen (secondary N) is 1. The first-order valence-electron chi connectivity index (χ1n) is 6.71. The molecule has 2 rings (SSSR count). The van der Waals surface area contributed by atoms with Crippen LogP contribution in [0.3, 0.4) is 0 Å². The number of rotatable bonds is 4. The third kappa shape index (κ3) is 4.61. The summed E-state index contributed by atoms with van der Waals surface area (Å²) in [4.78, 5) is 31.7. The van der Waals surface area contributed by atoms with E-state index in [9.17, 15) is 9.59 Å². The molecule has 2 aromatic heterocycles. The van der Waals surface area contributed by atoms with Gasteiger partial charge in [0.05, 0.1) is 26.4 Å². The van der Waals surface area contributed by atoms with E-state index in [-0.39, 0.29) is 37.4 Å². The van der Waals surface area contributed by atoms with Crippen LogP contribution >= 0.6 is 58.0 Å². The molecule has 0 aliphatic carbocycles. The highest BCUT2D eigenvalue weighted by Crippen LogP contribution is 2.34. The fourth-order valence-electron chi connectivity index (χ4n) is 1.68. The summed E-state index contributed by atoms with van der Waals surface area (Å²) in [7, 11) is 0. The van der Waals surface area contributed by atoms with Gasteiger partial charge in [-0.3, -0.25) is 4.79 Å². The van der Waals surface area contributed by atoms with E-state index in [2.05, 4.69) is 15.3 Å². The number of ether oxygens (including phenoxy) is 1. The molecule has 0 aromatic carbocycles. The summed E-state index contributed by atoms with van der Waals surface area (Å²) in [5, 5.41) is 2.31. The molecule has 0 saturated carbocycles. The molecule has 2 heterocycles. The molecule has 0 radical (unpaired) electrons. The Balaban J connectivity index is 2.06. The number of carbonyl (C=O) groups excluding carboxylic acids is 2. The molecule has 0 saturated heterocycles. The van der Waals surface area contributed by atoms with E-state index >= 15 is 0 Å². The van der Waals surface area contributed by atoms with Crippen molar-refractivity contribution in [2.75, 3.05) is 17.7 Å². The van der Waals surface area contributed by atoms with Gasteiger partial charge in [0, 0.05) is 0 Å². The Kier molecular flexibility index (Phi) is 6.76. The van der Waals surface area contributed by atoms with E-state index in [0.29, 0.717) is 10.7 Å². The number of anilines is 2. The summed E-state index contributed by atoms with van der Waals surface area (Å²) in [5.74, 6) is -1.63. The Bertz CT molecular complexity index is 907. The van der Waals surface area contributed by atoms with Gasteiger partial charge in [0.15, 0.2) is 23.3 Å². The summed E-state index contributed by atoms with van der Waals surface area (Å²) < 4.78 is 4.83. The maximum atomic E-state index is 12.0. The van der Waals surface area contributed by atoms with E-state index in [0.717, 1.165) is 0 Å². The van der Waals surface area contributed by atoms with Crippen LogP contribution in [0.1, 0.15) is 16.2 Å². The first-order valence-corrected chi connectivity index (χ1v) is 8.60. The Morgan fingerprint density at radius 2 is 1.77 bits per heavy atom.